The first kappa shape index (κ1) is 30.2. The summed E-state index contributed by atoms with van der Waals surface area (Å²) in [6.07, 6.45) is 8.19. The first-order valence-electron chi connectivity index (χ1n) is 16.6. The van der Waals surface area contributed by atoms with Crippen LogP contribution in [0, 0.1) is 11.6 Å². The molecule has 2 N–H and O–H groups in total. The molecular formula is C40H36F2N4O2. The third-order valence-corrected chi connectivity index (χ3v) is 8.42. The number of nitrogens with zero attached hydrogens (tertiary/aromatic N) is 2. The smallest absolute Gasteiger partial charge is 0.123 e. The van der Waals surface area contributed by atoms with Crippen LogP contribution in [0.25, 0.3) is 46.4 Å². The number of benzene rings is 2. The van der Waals surface area contributed by atoms with Gasteiger partial charge >= 0.3 is 0 Å². The van der Waals surface area contributed by atoms with E-state index < -0.39 is 6.10 Å². The molecule has 2 aliphatic heterocycles. The van der Waals surface area contributed by atoms with Crippen LogP contribution < -0.4 is 0 Å². The van der Waals surface area contributed by atoms with Crippen LogP contribution in [0.2, 0.25) is 0 Å². The molecule has 0 radical (unpaired) electrons. The van der Waals surface area contributed by atoms with Gasteiger partial charge in [-0.3, -0.25) is 0 Å². The quantitative estimate of drug-likeness (QED) is 0.156. The predicted octanol–water partition coefficient (Wildman–Crippen LogP) is 9.57. The maximum Gasteiger partial charge on any atom is 0.123 e. The minimum Gasteiger partial charge on any atom is -0.373 e. The van der Waals surface area contributed by atoms with Crippen LogP contribution in [0.4, 0.5) is 8.78 Å². The number of rotatable bonds is 10. The molecule has 6 nitrogen and oxygen atoms in total. The Labute approximate surface area is 279 Å². The van der Waals surface area contributed by atoms with Crippen LogP contribution >= 0.6 is 0 Å². The molecular weight excluding hydrogens is 606 g/mol. The fraction of sp³-hybridized carbons (Fsp3) is 0.200. The van der Waals surface area contributed by atoms with Gasteiger partial charge in [0.05, 0.1) is 49.6 Å². The van der Waals surface area contributed by atoms with Crippen LogP contribution in [-0.2, 0) is 22.3 Å². The Hall–Kier alpha value is -5.18. The summed E-state index contributed by atoms with van der Waals surface area (Å²) in [7, 11) is 0. The zero-order chi connectivity index (χ0) is 33.9. The predicted molar refractivity (Wildman–Crippen MR) is 188 cm³/mol. The van der Waals surface area contributed by atoms with Crippen molar-refractivity contribution in [3.63, 3.8) is 0 Å². The van der Waals surface area contributed by atoms with Crippen molar-refractivity contribution in [3.8, 4) is 0 Å². The highest BCUT2D eigenvalue weighted by Crippen LogP contribution is 2.29. The molecule has 2 aromatic carbocycles. The highest BCUT2D eigenvalue weighted by atomic mass is 19.1. The fourth-order valence-electron chi connectivity index (χ4n) is 5.98. The summed E-state index contributed by atoms with van der Waals surface area (Å²) in [6.45, 7) is 4.71. The van der Waals surface area contributed by atoms with E-state index >= 15 is 0 Å². The number of aromatic nitrogens is 4. The molecule has 2 unspecified atom stereocenters. The fourth-order valence-corrected chi connectivity index (χ4v) is 5.98. The van der Waals surface area contributed by atoms with Crippen LogP contribution in [0.15, 0.2) is 84.9 Å². The lowest BCUT2D eigenvalue weighted by atomic mass is 10.1. The Balaban J connectivity index is 1.29. The maximum absolute atomic E-state index is 13.7. The van der Waals surface area contributed by atoms with Crippen LogP contribution in [0.1, 0.15) is 72.5 Å². The van der Waals surface area contributed by atoms with Gasteiger partial charge in [0.2, 0.25) is 0 Å². The van der Waals surface area contributed by atoms with Gasteiger partial charge in [0.25, 0.3) is 0 Å². The number of aromatic amines is 2. The summed E-state index contributed by atoms with van der Waals surface area (Å²) >= 11 is 0. The first-order chi connectivity index (χ1) is 23.8. The van der Waals surface area contributed by atoms with Crippen molar-refractivity contribution < 1.29 is 19.6 Å². The summed E-state index contributed by atoms with van der Waals surface area (Å²) in [5.74, 6) is -0.537. The average Bonchev–Trinajstić information content (AvgIpc) is 3.86. The second-order valence-corrected chi connectivity index (χ2v) is 12.0. The van der Waals surface area contributed by atoms with Gasteiger partial charge in [0.1, 0.15) is 11.6 Å². The Morgan fingerprint density at radius 2 is 1.15 bits per heavy atom. The van der Waals surface area contributed by atoms with Crippen LogP contribution in [0.5, 0.6) is 0 Å². The molecule has 242 valence electrons. The van der Waals surface area contributed by atoms with Gasteiger partial charge in [0, 0.05) is 33.2 Å². The van der Waals surface area contributed by atoms with Crippen molar-refractivity contribution >= 4 is 46.4 Å². The zero-order valence-electron chi connectivity index (χ0n) is 27.8. The Kier molecular flexibility index (Phi) is 8.73. The zero-order valence-corrected chi connectivity index (χ0v) is 26.8. The van der Waals surface area contributed by atoms with E-state index in [-0.39, 0.29) is 17.7 Å². The summed E-state index contributed by atoms with van der Waals surface area (Å²) in [5.41, 5.74) is 9.43. The number of nitrogens with one attached hydrogen (secondary N) is 2. The molecule has 2 atom stereocenters. The van der Waals surface area contributed by atoms with E-state index in [4.69, 9.17) is 19.4 Å². The molecule has 0 fully saturated rings. The summed E-state index contributed by atoms with van der Waals surface area (Å²) in [5, 5.41) is 0. The van der Waals surface area contributed by atoms with E-state index in [0.29, 0.717) is 43.2 Å². The van der Waals surface area contributed by atoms with Crippen LogP contribution in [-0.4, -0.2) is 33.1 Å². The van der Waals surface area contributed by atoms with E-state index in [9.17, 15) is 10.2 Å². The molecule has 5 heterocycles. The first-order valence-corrected chi connectivity index (χ1v) is 16.1. The van der Waals surface area contributed by atoms with E-state index in [1.807, 2.05) is 80.6 Å². The molecule has 0 aliphatic carbocycles. The number of H-pyrrole nitrogens is 2. The van der Waals surface area contributed by atoms with Crippen molar-refractivity contribution in [3.05, 3.63) is 142 Å². The Morgan fingerprint density at radius 1 is 0.625 bits per heavy atom. The molecule has 3 aromatic heterocycles. The van der Waals surface area contributed by atoms with E-state index in [0.717, 1.165) is 56.0 Å². The van der Waals surface area contributed by atoms with Crippen molar-refractivity contribution in [2.45, 2.75) is 38.9 Å². The molecule has 0 amide bonds. The maximum atomic E-state index is 13.7. The Morgan fingerprint density at radius 3 is 1.75 bits per heavy atom. The number of hydrogen-bond acceptors (Lipinski definition) is 4. The van der Waals surface area contributed by atoms with E-state index in [1.54, 1.807) is 12.1 Å². The Bertz CT molecular complexity index is 2240. The molecule has 5 aromatic rings. The number of ether oxygens (including phenoxy) is 2. The average molecular weight is 644 g/mol. The monoisotopic (exact) mass is 643 g/mol. The van der Waals surface area contributed by atoms with Gasteiger partial charge in [-0.2, -0.15) is 0 Å². The summed E-state index contributed by atoms with van der Waals surface area (Å²) in [4.78, 5) is 16.5. The second-order valence-electron chi connectivity index (χ2n) is 12.0. The van der Waals surface area contributed by atoms with Crippen molar-refractivity contribution in [2.24, 2.45) is 0 Å². The standard InChI is InChI=1S/C40H36F2N4O2/c1-25(47-15-13-27-5-3-7-29(41)17-27)37-21-35-20-33-10-9-31(43-33)19-32-11-12-34(44-32)23-39-38(22-36(46-39)24-40(37)45-35)26(2)48-16-14-28-6-4-8-30(42)18-28/h3-12,17-26,45-46H,13-16H2,1-2H3/i21D. The second kappa shape index (κ2) is 13.9. The van der Waals surface area contributed by atoms with Gasteiger partial charge in [-0.25, -0.2) is 18.7 Å². The van der Waals surface area contributed by atoms with E-state index in [1.165, 1.54) is 24.3 Å². The van der Waals surface area contributed by atoms with Gasteiger partial charge in [-0.15, -0.1) is 0 Å². The molecule has 7 rings (SSSR count). The third kappa shape index (κ3) is 7.51. The molecule has 8 heteroatoms. The summed E-state index contributed by atoms with van der Waals surface area (Å²) < 4.78 is 49.2. The number of fused-ring (bicyclic) bond motifs is 8. The van der Waals surface area contributed by atoms with Gasteiger partial charge in [-0.1, -0.05) is 24.3 Å². The highest BCUT2D eigenvalue weighted by Gasteiger charge is 2.15. The SMILES string of the molecule is [2H]c1c(C(C)OCCc2cccc(F)c2)c2cc3cc(C(C)OCCc4cccc(F)c4)c(cc4nc(cc5nc(cc1[nH]2)C=C5)C=C4)[nH]3. The van der Waals surface area contributed by atoms with Gasteiger partial charge < -0.3 is 19.4 Å². The normalized spacial score (nSPS) is 13.9. The van der Waals surface area contributed by atoms with Crippen LogP contribution in [0.3, 0.4) is 0 Å². The largest absolute Gasteiger partial charge is 0.373 e. The number of halogens is 2. The topological polar surface area (TPSA) is 75.8 Å². The molecule has 0 spiro atoms. The van der Waals surface area contributed by atoms with Gasteiger partial charge in [0.15, 0.2) is 0 Å². The minimum absolute atomic E-state index is 0.261. The summed E-state index contributed by atoms with van der Waals surface area (Å²) in [6, 6.07) is 23.2. The van der Waals surface area contributed by atoms with Crippen molar-refractivity contribution in [2.75, 3.05) is 13.2 Å². The lowest BCUT2D eigenvalue weighted by molar-refractivity contribution is 0.0690. The lowest BCUT2D eigenvalue weighted by Crippen LogP contribution is -2.04. The molecule has 2 aliphatic rings. The van der Waals surface area contributed by atoms with Crippen molar-refractivity contribution in [1.29, 1.82) is 0 Å². The molecule has 0 saturated heterocycles. The molecule has 0 saturated carbocycles. The van der Waals surface area contributed by atoms with E-state index in [2.05, 4.69) is 9.97 Å². The van der Waals surface area contributed by atoms with Crippen molar-refractivity contribution in [1.82, 2.24) is 19.9 Å². The molecule has 8 bridgehead atoms. The minimum atomic E-state index is -0.429. The lowest BCUT2D eigenvalue weighted by Gasteiger charge is -2.12. The molecule has 48 heavy (non-hydrogen) atoms. The highest BCUT2D eigenvalue weighted by molar-refractivity contribution is 5.79. The van der Waals surface area contributed by atoms with Gasteiger partial charge in [-0.05, 0) is 123 Å². The third-order valence-electron chi connectivity index (χ3n) is 8.42. The number of hydrogen-bond donors (Lipinski definition) is 2.